The van der Waals surface area contributed by atoms with E-state index in [1.165, 1.54) is 12.6 Å². The summed E-state index contributed by atoms with van der Waals surface area (Å²) in [4.78, 5) is 43.0. The summed E-state index contributed by atoms with van der Waals surface area (Å²) in [5.41, 5.74) is 15.8. The first-order valence-corrected chi connectivity index (χ1v) is 11.4. The molecule has 1 aliphatic rings. The van der Waals surface area contributed by atoms with Gasteiger partial charge in [-0.3, -0.25) is 14.4 Å². The van der Waals surface area contributed by atoms with E-state index in [2.05, 4.69) is 20.3 Å². The Balaban J connectivity index is 1.54. The smallest absolute Gasteiger partial charge is 0.254 e. The molecule has 0 unspecified atom stereocenters. The summed E-state index contributed by atoms with van der Waals surface area (Å²) in [6.07, 6.45) is 5.41. The molecule has 3 aromatic rings. The first kappa shape index (κ1) is 23.2. The number of nitrogens with two attached hydrogens (primary N) is 2. The number of hydrogen-bond acceptors (Lipinski definition) is 6. The first-order valence-electron chi connectivity index (χ1n) is 11.4. The Morgan fingerprint density at radius 1 is 1.06 bits per heavy atom. The van der Waals surface area contributed by atoms with Crippen molar-refractivity contribution in [3.63, 3.8) is 0 Å². The summed E-state index contributed by atoms with van der Waals surface area (Å²) < 4.78 is 1.57. The lowest BCUT2D eigenvalue weighted by atomic mass is 10.1. The fourth-order valence-electron chi connectivity index (χ4n) is 4.50. The van der Waals surface area contributed by atoms with Gasteiger partial charge >= 0.3 is 0 Å². The summed E-state index contributed by atoms with van der Waals surface area (Å²) in [5.74, 6) is -1.31. The van der Waals surface area contributed by atoms with E-state index in [0.717, 1.165) is 42.9 Å². The molecule has 10 nitrogen and oxygen atoms in total. The highest BCUT2D eigenvalue weighted by Crippen LogP contribution is 2.30. The van der Waals surface area contributed by atoms with E-state index in [1.807, 2.05) is 19.9 Å². The van der Waals surface area contributed by atoms with Gasteiger partial charge in [0, 0.05) is 36.5 Å². The molecule has 5 N–H and O–H groups in total. The largest absolute Gasteiger partial charge is 0.370 e. The third kappa shape index (κ3) is 4.57. The van der Waals surface area contributed by atoms with Gasteiger partial charge in [0.05, 0.1) is 17.6 Å². The van der Waals surface area contributed by atoms with Crippen LogP contribution in [0.4, 0.5) is 11.4 Å². The Kier molecular flexibility index (Phi) is 6.49. The number of fused-ring (bicyclic) bond motifs is 1. The SMILES string of the molecule is Cc1nc2c(C(N)=O)cnn2c(C)c1CCC(=O)Nc1cc(C(N)=O)ccc1N1CCCCC1. The molecule has 1 fully saturated rings. The molecule has 0 spiro atoms. The Hall–Kier alpha value is -3.95. The van der Waals surface area contributed by atoms with Crippen molar-refractivity contribution >= 4 is 34.7 Å². The Bertz CT molecular complexity index is 1280. The minimum atomic E-state index is -0.587. The van der Waals surface area contributed by atoms with Gasteiger partial charge in [0.1, 0.15) is 5.56 Å². The molecule has 3 heterocycles. The number of amides is 3. The van der Waals surface area contributed by atoms with Gasteiger partial charge in [0.25, 0.3) is 5.91 Å². The quantitative estimate of drug-likeness (QED) is 0.489. The topological polar surface area (TPSA) is 149 Å². The Labute approximate surface area is 197 Å². The van der Waals surface area contributed by atoms with Crippen LogP contribution in [0.1, 0.15) is 63.4 Å². The second-order valence-electron chi connectivity index (χ2n) is 8.61. The van der Waals surface area contributed by atoms with E-state index in [0.29, 0.717) is 29.0 Å². The van der Waals surface area contributed by atoms with Crippen molar-refractivity contribution in [3.8, 4) is 0 Å². The predicted molar refractivity (Wildman–Crippen MR) is 129 cm³/mol. The molecule has 1 saturated heterocycles. The molecule has 3 amide bonds. The van der Waals surface area contributed by atoms with Gasteiger partial charge in [-0.15, -0.1) is 0 Å². The molecule has 0 atom stereocenters. The number of nitrogens with one attached hydrogen (secondary N) is 1. The van der Waals surface area contributed by atoms with Crippen LogP contribution < -0.4 is 21.7 Å². The highest BCUT2D eigenvalue weighted by Gasteiger charge is 2.19. The summed E-state index contributed by atoms with van der Waals surface area (Å²) >= 11 is 0. The molecule has 10 heteroatoms. The van der Waals surface area contributed by atoms with Crippen LogP contribution in [0.5, 0.6) is 0 Å². The van der Waals surface area contributed by atoms with Crippen LogP contribution in [0.25, 0.3) is 5.65 Å². The minimum absolute atomic E-state index is 0.183. The van der Waals surface area contributed by atoms with Gasteiger partial charge in [0.2, 0.25) is 11.8 Å². The number of carbonyl (C=O) groups excluding carboxylic acids is 3. The van der Waals surface area contributed by atoms with Crippen LogP contribution in [-0.4, -0.2) is 45.4 Å². The number of carbonyl (C=O) groups is 3. The third-order valence-corrected chi connectivity index (χ3v) is 6.33. The molecule has 2 aromatic heterocycles. The van der Waals surface area contributed by atoms with Crippen molar-refractivity contribution < 1.29 is 14.4 Å². The van der Waals surface area contributed by atoms with Gasteiger partial charge in [-0.2, -0.15) is 5.10 Å². The number of aromatic nitrogens is 3. The van der Waals surface area contributed by atoms with Crippen LogP contribution >= 0.6 is 0 Å². The molecule has 34 heavy (non-hydrogen) atoms. The van der Waals surface area contributed by atoms with Gasteiger partial charge in [-0.25, -0.2) is 9.50 Å². The summed E-state index contributed by atoms with van der Waals surface area (Å²) in [6, 6.07) is 5.19. The van der Waals surface area contributed by atoms with Crippen molar-refractivity contribution in [3.05, 3.63) is 52.5 Å². The number of primary amides is 2. The molecule has 0 bridgehead atoms. The van der Waals surface area contributed by atoms with Gasteiger partial charge < -0.3 is 21.7 Å². The fraction of sp³-hybridized carbons (Fsp3) is 0.375. The van der Waals surface area contributed by atoms with Crippen molar-refractivity contribution in [1.82, 2.24) is 14.6 Å². The molecule has 1 aliphatic heterocycles. The number of piperidine rings is 1. The number of aryl methyl sites for hydroxylation is 2. The lowest BCUT2D eigenvalue weighted by Gasteiger charge is -2.30. The number of hydrogen-bond donors (Lipinski definition) is 3. The lowest BCUT2D eigenvalue weighted by molar-refractivity contribution is -0.116. The van der Waals surface area contributed by atoms with Gasteiger partial charge in [-0.1, -0.05) is 0 Å². The summed E-state index contributed by atoms with van der Waals surface area (Å²) in [7, 11) is 0. The van der Waals surface area contributed by atoms with E-state index in [9.17, 15) is 14.4 Å². The maximum absolute atomic E-state index is 12.9. The number of anilines is 2. The van der Waals surface area contributed by atoms with E-state index in [1.54, 1.807) is 16.6 Å². The lowest BCUT2D eigenvalue weighted by Crippen LogP contribution is -2.30. The van der Waals surface area contributed by atoms with Crippen molar-refractivity contribution in [1.29, 1.82) is 0 Å². The van der Waals surface area contributed by atoms with Gasteiger partial charge in [-0.05, 0) is 63.3 Å². The van der Waals surface area contributed by atoms with Crippen molar-refractivity contribution in [2.24, 2.45) is 11.5 Å². The second kappa shape index (κ2) is 9.50. The zero-order chi connectivity index (χ0) is 24.4. The standard InChI is InChI=1S/C24H29N7O3/c1-14-17(15(2)31-24(28-14)18(13-27-31)23(26)34)7-9-21(32)29-19-12-16(22(25)33)6-8-20(19)30-10-4-3-5-11-30/h6,8,12-13H,3-5,7,9-11H2,1-2H3,(H2,25,33)(H2,26,34)(H,29,32). The summed E-state index contributed by atoms with van der Waals surface area (Å²) in [5, 5.41) is 7.21. The Morgan fingerprint density at radius 3 is 2.47 bits per heavy atom. The van der Waals surface area contributed by atoms with Crippen LogP contribution in [-0.2, 0) is 11.2 Å². The molecule has 4 rings (SSSR count). The third-order valence-electron chi connectivity index (χ3n) is 6.33. The zero-order valence-corrected chi connectivity index (χ0v) is 19.4. The number of rotatable bonds is 7. The summed E-state index contributed by atoms with van der Waals surface area (Å²) in [6.45, 7) is 5.51. The second-order valence-corrected chi connectivity index (χ2v) is 8.61. The van der Waals surface area contributed by atoms with Crippen molar-refractivity contribution in [2.75, 3.05) is 23.3 Å². The van der Waals surface area contributed by atoms with E-state index >= 15 is 0 Å². The highest BCUT2D eigenvalue weighted by atomic mass is 16.2. The number of nitrogens with zero attached hydrogens (tertiary/aromatic N) is 4. The molecule has 0 aliphatic carbocycles. The van der Waals surface area contributed by atoms with E-state index in [4.69, 9.17) is 11.5 Å². The number of benzene rings is 1. The average Bonchev–Trinajstić information content (AvgIpc) is 3.23. The van der Waals surface area contributed by atoms with Crippen LogP contribution in [0.3, 0.4) is 0 Å². The van der Waals surface area contributed by atoms with Crippen LogP contribution in [0, 0.1) is 13.8 Å². The minimum Gasteiger partial charge on any atom is -0.370 e. The van der Waals surface area contributed by atoms with E-state index in [-0.39, 0.29) is 17.9 Å². The molecular weight excluding hydrogens is 434 g/mol. The van der Waals surface area contributed by atoms with E-state index < -0.39 is 11.8 Å². The Morgan fingerprint density at radius 2 is 1.79 bits per heavy atom. The zero-order valence-electron chi connectivity index (χ0n) is 19.4. The molecule has 0 saturated carbocycles. The van der Waals surface area contributed by atoms with Crippen molar-refractivity contribution in [2.45, 2.75) is 46.0 Å². The monoisotopic (exact) mass is 463 g/mol. The predicted octanol–water partition coefficient (Wildman–Crippen LogP) is 2.11. The highest BCUT2D eigenvalue weighted by molar-refractivity contribution is 6.00. The average molecular weight is 464 g/mol. The molecule has 178 valence electrons. The molecular formula is C24H29N7O3. The normalized spacial score (nSPS) is 13.8. The van der Waals surface area contributed by atoms with Crippen LogP contribution in [0.2, 0.25) is 0 Å². The maximum atomic E-state index is 12.9. The van der Waals surface area contributed by atoms with Gasteiger partial charge in [0.15, 0.2) is 5.65 Å². The fourth-order valence-corrected chi connectivity index (χ4v) is 4.50. The molecule has 1 aromatic carbocycles. The maximum Gasteiger partial charge on any atom is 0.254 e. The van der Waals surface area contributed by atoms with Crippen LogP contribution in [0.15, 0.2) is 24.4 Å². The molecule has 0 radical (unpaired) electrons. The first-order chi connectivity index (χ1) is 16.3.